The Bertz CT molecular complexity index is 854. The summed E-state index contributed by atoms with van der Waals surface area (Å²) in [6, 6.07) is 3.67. The average molecular weight is 375 g/mol. The molecule has 3 atom stereocenters. The molecule has 1 N–H and O–H groups in total. The van der Waals surface area contributed by atoms with Crippen molar-refractivity contribution in [3.63, 3.8) is 0 Å². The molecule has 2 fully saturated rings. The quantitative estimate of drug-likeness (QED) is 0.886. The van der Waals surface area contributed by atoms with Crippen molar-refractivity contribution in [2.75, 3.05) is 25.0 Å². The lowest BCUT2D eigenvalue weighted by molar-refractivity contribution is -0.119. The topological polar surface area (TPSA) is 53.4 Å². The van der Waals surface area contributed by atoms with Crippen molar-refractivity contribution < 1.29 is 13.6 Å². The number of likely N-dealkylation sites (N-methyl/N-ethyl adjacent to an activating group) is 1. The Labute approximate surface area is 156 Å². The highest BCUT2D eigenvalue weighted by Crippen LogP contribution is 2.33. The van der Waals surface area contributed by atoms with Crippen molar-refractivity contribution in [1.29, 1.82) is 0 Å². The highest BCUT2D eigenvalue weighted by molar-refractivity contribution is 5.99. The van der Waals surface area contributed by atoms with Crippen molar-refractivity contribution in [2.45, 2.75) is 31.0 Å². The third-order valence-corrected chi connectivity index (χ3v) is 5.56. The average Bonchev–Trinajstić information content (AvgIpc) is 3.31. The van der Waals surface area contributed by atoms with Crippen LogP contribution in [0.5, 0.6) is 0 Å². The minimum absolute atomic E-state index is 0.00246. The van der Waals surface area contributed by atoms with Crippen LogP contribution in [0.2, 0.25) is 0 Å². The van der Waals surface area contributed by atoms with Crippen LogP contribution in [0.25, 0.3) is 0 Å². The molecular weight excluding hydrogens is 352 g/mol. The van der Waals surface area contributed by atoms with Crippen molar-refractivity contribution in [3.05, 3.63) is 47.8 Å². The van der Waals surface area contributed by atoms with E-state index in [0.29, 0.717) is 13.0 Å². The summed E-state index contributed by atoms with van der Waals surface area (Å²) in [6.45, 7) is 1.47. The van der Waals surface area contributed by atoms with Gasteiger partial charge in [0.05, 0.1) is 17.9 Å². The second kappa shape index (κ2) is 7.01. The summed E-state index contributed by atoms with van der Waals surface area (Å²) < 4.78 is 28.7. The fourth-order valence-corrected chi connectivity index (χ4v) is 4.20. The molecule has 0 bridgehead atoms. The van der Waals surface area contributed by atoms with E-state index < -0.39 is 11.6 Å². The summed E-state index contributed by atoms with van der Waals surface area (Å²) in [4.78, 5) is 16.7. The molecule has 1 aromatic carbocycles. The first-order valence-corrected chi connectivity index (χ1v) is 9.15. The molecule has 0 aliphatic carbocycles. The first kappa shape index (κ1) is 18.1. The van der Waals surface area contributed by atoms with Crippen LogP contribution >= 0.6 is 0 Å². The van der Waals surface area contributed by atoms with Gasteiger partial charge in [0.15, 0.2) is 11.6 Å². The monoisotopic (exact) mass is 375 g/mol. The zero-order valence-electron chi connectivity index (χ0n) is 15.4. The predicted molar refractivity (Wildman–Crippen MR) is 97.2 cm³/mol. The third kappa shape index (κ3) is 3.35. The smallest absolute Gasteiger partial charge is 0.244 e. The molecule has 27 heavy (non-hydrogen) atoms. The molecule has 1 amide bonds. The van der Waals surface area contributed by atoms with Gasteiger partial charge in [-0.3, -0.25) is 14.4 Å². The molecule has 2 aromatic rings. The lowest BCUT2D eigenvalue weighted by Crippen LogP contribution is -2.45. The molecule has 144 valence electrons. The summed E-state index contributed by atoms with van der Waals surface area (Å²) >= 11 is 0. The number of likely N-dealkylation sites (tertiary alicyclic amines) is 1. The number of nitrogens with one attached hydrogen (secondary N) is 1. The molecule has 2 saturated heterocycles. The molecule has 6 nitrogen and oxygen atoms in total. The molecule has 3 heterocycles. The normalized spacial score (nSPS) is 26.3. The molecule has 1 aromatic heterocycles. The van der Waals surface area contributed by atoms with Gasteiger partial charge >= 0.3 is 0 Å². The second-order valence-electron chi connectivity index (χ2n) is 7.36. The molecule has 0 unspecified atom stereocenters. The minimum Gasteiger partial charge on any atom is -0.308 e. The molecule has 2 aliphatic heterocycles. The van der Waals surface area contributed by atoms with E-state index >= 15 is 0 Å². The Morgan fingerprint density at radius 3 is 2.67 bits per heavy atom. The number of nitrogens with zero attached hydrogens (tertiary/aromatic N) is 4. The molecule has 0 saturated carbocycles. The summed E-state index contributed by atoms with van der Waals surface area (Å²) in [7, 11) is 3.78. The van der Waals surface area contributed by atoms with E-state index in [9.17, 15) is 13.6 Å². The van der Waals surface area contributed by atoms with Gasteiger partial charge in [0, 0.05) is 38.4 Å². The first-order valence-electron chi connectivity index (χ1n) is 9.15. The summed E-state index contributed by atoms with van der Waals surface area (Å²) in [5, 5.41) is 7.60. The Kier molecular flexibility index (Phi) is 4.69. The fraction of sp³-hybridized carbons (Fsp3) is 0.474. The summed E-state index contributed by atoms with van der Waals surface area (Å²) in [6.07, 6.45) is 5.07. The summed E-state index contributed by atoms with van der Waals surface area (Å²) in [5.74, 6) is -1.66. The molecule has 8 heteroatoms. The van der Waals surface area contributed by atoms with Gasteiger partial charge in [-0.25, -0.2) is 8.78 Å². The Morgan fingerprint density at radius 2 is 1.96 bits per heavy atom. The number of halogens is 2. The van der Waals surface area contributed by atoms with Gasteiger partial charge < -0.3 is 10.2 Å². The Balaban J connectivity index is 1.49. The maximum atomic E-state index is 13.7. The number of hydrogen-bond donors (Lipinski definition) is 1. The van der Waals surface area contributed by atoms with Gasteiger partial charge in [0.2, 0.25) is 5.91 Å². The lowest BCUT2D eigenvalue weighted by Gasteiger charge is -2.28. The van der Waals surface area contributed by atoms with Crippen molar-refractivity contribution >= 4 is 11.6 Å². The Hall–Kier alpha value is -2.32. The van der Waals surface area contributed by atoms with Gasteiger partial charge in [0.1, 0.15) is 0 Å². The van der Waals surface area contributed by atoms with Gasteiger partial charge in [-0.05, 0) is 37.6 Å². The molecule has 0 spiro atoms. The van der Waals surface area contributed by atoms with Crippen molar-refractivity contribution in [2.24, 2.45) is 7.05 Å². The van der Waals surface area contributed by atoms with E-state index in [2.05, 4.69) is 15.3 Å². The number of aryl methyl sites for hydroxylation is 1. The number of aromatic nitrogens is 2. The predicted octanol–water partition coefficient (Wildman–Crippen LogP) is 1.84. The zero-order valence-corrected chi connectivity index (χ0v) is 15.4. The van der Waals surface area contributed by atoms with Crippen LogP contribution in [-0.2, 0) is 11.8 Å². The number of carbonyl (C=O) groups excluding carboxylic acids is 1. The maximum absolute atomic E-state index is 13.7. The first-order chi connectivity index (χ1) is 12.9. The number of amides is 1. The van der Waals surface area contributed by atoms with Crippen LogP contribution in [0.4, 0.5) is 14.5 Å². The minimum atomic E-state index is -0.845. The Morgan fingerprint density at radius 1 is 1.15 bits per heavy atom. The number of carbonyl (C=O) groups is 1. The second-order valence-corrected chi connectivity index (χ2v) is 7.36. The molecule has 2 aliphatic rings. The van der Waals surface area contributed by atoms with Gasteiger partial charge in [-0.1, -0.05) is 6.07 Å². The number of anilines is 1. The lowest BCUT2D eigenvalue weighted by atomic mass is 9.99. The standard InChI is InChI=1S/C19H23F2N5O/c1-24-7-5-16(18(24)12-3-4-14(20)15(21)9-12)23-17-6-8-26(19(17)27)13-10-22-25(2)11-13/h3-4,9-11,16-18,23H,5-8H2,1-2H3/t16-,17-,18-/m0/s1. The van der Waals surface area contributed by atoms with Crippen LogP contribution < -0.4 is 10.2 Å². The SMILES string of the molecule is CN1CC[C@H](N[C@H]2CCN(c3cnn(C)c3)C2=O)[C@@H]1c1ccc(F)c(F)c1. The van der Waals surface area contributed by atoms with E-state index in [4.69, 9.17) is 0 Å². The van der Waals surface area contributed by atoms with Crippen LogP contribution in [0, 0.1) is 11.6 Å². The van der Waals surface area contributed by atoms with E-state index in [1.165, 1.54) is 12.1 Å². The van der Waals surface area contributed by atoms with Crippen LogP contribution in [0.15, 0.2) is 30.6 Å². The zero-order chi connectivity index (χ0) is 19.1. The fourth-order valence-electron chi connectivity index (χ4n) is 4.20. The van der Waals surface area contributed by atoms with Gasteiger partial charge in [0.25, 0.3) is 0 Å². The van der Waals surface area contributed by atoms with E-state index in [1.807, 2.05) is 20.3 Å². The van der Waals surface area contributed by atoms with Gasteiger partial charge in [-0.2, -0.15) is 5.10 Å². The number of rotatable bonds is 4. The van der Waals surface area contributed by atoms with E-state index in [-0.39, 0.29) is 24.0 Å². The largest absolute Gasteiger partial charge is 0.308 e. The molecule has 0 radical (unpaired) electrons. The van der Waals surface area contributed by atoms with Crippen molar-refractivity contribution in [3.8, 4) is 0 Å². The van der Waals surface area contributed by atoms with Crippen molar-refractivity contribution in [1.82, 2.24) is 20.0 Å². The van der Waals surface area contributed by atoms with Crippen LogP contribution in [0.3, 0.4) is 0 Å². The highest BCUT2D eigenvalue weighted by atomic mass is 19.2. The molecular formula is C19H23F2N5O. The maximum Gasteiger partial charge on any atom is 0.244 e. The van der Waals surface area contributed by atoms with E-state index in [1.54, 1.807) is 21.8 Å². The summed E-state index contributed by atoms with van der Waals surface area (Å²) in [5.41, 5.74) is 1.52. The highest BCUT2D eigenvalue weighted by Gasteiger charge is 2.39. The van der Waals surface area contributed by atoms with Crippen LogP contribution in [-0.4, -0.2) is 52.8 Å². The van der Waals surface area contributed by atoms with Gasteiger partial charge in [-0.15, -0.1) is 0 Å². The molecule has 4 rings (SSSR count). The number of benzene rings is 1. The third-order valence-electron chi connectivity index (χ3n) is 5.56. The number of hydrogen-bond acceptors (Lipinski definition) is 4. The van der Waals surface area contributed by atoms with Crippen LogP contribution in [0.1, 0.15) is 24.4 Å². The van der Waals surface area contributed by atoms with E-state index in [0.717, 1.165) is 24.2 Å².